The van der Waals surface area contributed by atoms with E-state index in [-0.39, 0.29) is 32.9 Å². The summed E-state index contributed by atoms with van der Waals surface area (Å²) in [7, 11) is 1.42. The van der Waals surface area contributed by atoms with Crippen LogP contribution in [0.2, 0.25) is 0 Å². The van der Waals surface area contributed by atoms with Crippen LogP contribution in [0.1, 0.15) is 24.3 Å². The number of fused-ring (bicyclic) bond motifs is 1. The van der Waals surface area contributed by atoms with Crippen LogP contribution < -0.4 is 24.9 Å². The van der Waals surface area contributed by atoms with Gasteiger partial charge in [-0.05, 0) is 61.0 Å². The highest BCUT2D eigenvalue weighted by Crippen LogP contribution is 2.34. The Labute approximate surface area is 252 Å². The summed E-state index contributed by atoms with van der Waals surface area (Å²) in [6.45, 7) is 1.69. The third-order valence-corrected chi connectivity index (χ3v) is 8.03. The Kier molecular flexibility index (Phi) is 7.50. The molecular formula is C32H23FN4O6S. The second kappa shape index (κ2) is 11.6. The van der Waals surface area contributed by atoms with Crippen molar-refractivity contribution in [1.29, 1.82) is 0 Å². The number of carbonyl (C=O) groups is 1. The van der Waals surface area contributed by atoms with Gasteiger partial charge in [0.25, 0.3) is 17.2 Å². The molecule has 1 aliphatic heterocycles. The van der Waals surface area contributed by atoms with Crippen LogP contribution in [0.4, 0.5) is 15.8 Å². The van der Waals surface area contributed by atoms with Gasteiger partial charge in [0.05, 0.1) is 45.5 Å². The first-order chi connectivity index (χ1) is 21.2. The summed E-state index contributed by atoms with van der Waals surface area (Å²) in [6.07, 6.45) is 1.52. The Hall–Kier alpha value is -5.62. The van der Waals surface area contributed by atoms with E-state index >= 15 is 0 Å². The average Bonchev–Trinajstić information content (AvgIpc) is 3.60. The molecule has 0 fully saturated rings. The molecule has 44 heavy (non-hydrogen) atoms. The van der Waals surface area contributed by atoms with E-state index in [1.165, 1.54) is 54.2 Å². The number of allylic oxidation sites excluding steroid dienone is 1. The maximum Gasteiger partial charge on any atom is 0.284 e. The van der Waals surface area contributed by atoms with Crippen LogP contribution in [0.25, 0.3) is 17.4 Å². The molecule has 1 atom stereocenters. The molecule has 6 rings (SSSR count). The van der Waals surface area contributed by atoms with E-state index in [0.29, 0.717) is 27.5 Å². The lowest BCUT2D eigenvalue weighted by atomic mass is 9.95. The third kappa shape index (κ3) is 5.34. The fraction of sp³-hybridized carbons (Fsp3) is 0.0938. The average molecular weight is 611 g/mol. The van der Waals surface area contributed by atoms with Gasteiger partial charge in [0.15, 0.2) is 4.80 Å². The van der Waals surface area contributed by atoms with E-state index in [9.17, 15) is 24.1 Å². The minimum Gasteiger partial charge on any atom is -0.497 e. The number of nitrogens with zero attached hydrogens (tertiary/aromatic N) is 3. The van der Waals surface area contributed by atoms with Crippen molar-refractivity contribution in [3.05, 3.63) is 143 Å². The number of nitro groups is 1. The Morgan fingerprint density at radius 1 is 1.11 bits per heavy atom. The quantitative estimate of drug-likeness (QED) is 0.200. The number of nitro benzene ring substituents is 1. The fourth-order valence-corrected chi connectivity index (χ4v) is 6.02. The number of thiazole rings is 1. The Morgan fingerprint density at radius 3 is 2.57 bits per heavy atom. The van der Waals surface area contributed by atoms with E-state index < -0.39 is 28.2 Å². The van der Waals surface area contributed by atoms with Crippen LogP contribution >= 0.6 is 11.3 Å². The van der Waals surface area contributed by atoms with Crippen molar-refractivity contribution >= 4 is 34.7 Å². The van der Waals surface area contributed by atoms with Crippen LogP contribution in [0.5, 0.6) is 5.75 Å². The minimum absolute atomic E-state index is 0.194. The number of carbonyl (C=O) groups excluding carboxylic acids is 1. The lowest BCUT2D eigenvalue weighted by molar-refractivity contribution is -0.384. The molecular weight excluding hydrogens is 587 g/mol. The summed E-state index contributed by atoms with van der Waals surface area (Å²) >= 11 is 1.10. The zero-order chi connectivity index (χ0) is 31.0. The predicted molar refractivity (Wildman–Crippen MR) is 163 cm³/mol. The number of rotatable bonds is 7. The largest absolute Gasteiger partial charge is 0.497 e. The van der Waals surface area contributed by atoms with Crippen molar-refractivity contribution in [2.75, 3.05) is 12.4 Å². The van der Waals surface area contributed by atoms with Crippen molar-refractivity contribution in [1.82, 2.24) is 4.57 Å². The van der Waals surface area contributed by atoms with E-state index in [1.54, 1.807) is 49.4 Å². The van der Waals surface area contributed by atoms with Gasteiger partial charge < -0.3 is 14.5 Å². The summed E-state index contributed by atoms with van der Waals surface area (Å²) in [6, 6.07) is 21.2. The SMILES string of the molecule is COc1ccc(-c2ccc(/C=c3\sc4n(c3=O)[C@H](c3ccc(F)cc3)C(C(=O)Nc3ccccc3)=C(C)N=4)o2)c([N+](=O)[O-])c1. The van der Waals surface area contributed by atoms with E-state index in [2.05, 4.69) is 10.3 Å². The number of methoxy groups -OCH3 is 1. The minimum atomic E-state index is -0.883. The lowest BCUT2D eigenvalue weighted by Gasteiger charge is -2.25. The Morgan fingerprint density at radius 2 is 1.86 bits per heavy atom. The molecule has 3 aromatic carbocycles. The molecule has 3 heterocycles. The third-order valence-electron chi connectivity index (χ3n) is 7.05. The van der Waals surface area contributed by atoms with Crippen molar-refractivity contribution < 1.29 is 23.3 Å². The van der Waals surface area contributed by atoms with Crippen molar-refractivity contribution in [2.24, 2.45) is 4.99 Å². The highest BCUT2D eigenvalue weighted by molar-refractivity contribution is 7.07. The smallest absolute Gasteiger partial charge is 0.284 e. The molecule has 1 N–H and O–H groups in total. The summed E-state index contributed by atoms with van der Waals surface area (Å²) in [5.74, 6) is -0.0541. The number of amides is 1. The first kappa shape index (κ1) is 28.5. The normalized spacial score (nSPS) is 14.6. The van der Waals surface area contributed by atoms with Crippen molar-refractivity contribution in [2.45, 2.75) is 13.0 Å². The van der Waals surface area contributed by atoms with Gasteiger partial charge in [-0.3, -0.25) is 24.3 Å². The van der Waals surface area contributed by atoms with E-state index in [1.807, 2.05) is 6.07 Å². The van der Waals surface area contributed by atoms with Gasteiger partial charge in [-0.25, -0.2) is 9.38 Å². The van der Waals surface area contributed by atoms with Gasteiger partial charge in [-0.15, -0.1) is 0 Å². The number of furan rings is 1. The molecule has 1 amide bonds. The van der Waals surface area contributed by atoms with Gasteiger partial charge in [-0.2, -0.15) is 0 Å². The molecule has 1 aliphatic rings. The molecule has 0 radical (unpaired) electrons. The number of ether oxygens (including phenoxy) is 1. The van der Waals surface area contributed by atoms with Crippen molar-refractivity contribution in [3.63, 3.8) is 0 Å². The maximum absolute atomic E-state index is 13.9. The van der Waals surface area contributed by atoms with Crippen molar-refractivity contribution in [3.8, 4) is 17.1 Å². The summed E-state index contributed by atoms with van der Waals surface area (Å²) in [4.78, 5) is 43.6. The number of para-hydroxylation sites is 1. The second-order valence-corrected chi connectivity index (χ2v) is 10.8. The molecule has 12 heteroatoms. The van der Waals surface area contributed by atoms with Gasteiger partial charge in [0.2, 0.25) is 0 Å². The second-order valence-electron chi connectivity index (χ2n) is 9.80. The first-order valence-electron chi connectivity index (χ1n) is 13.3. The maximum atomic E-state index is 13.9. The molecule has 0 unspecified atom stereocenters. The van der Waals surface area contributed by atoms with E-state index in [4.69, 9.17) is 9.15 Å². The van der Waals surface area contributed by atoms with Gasteiger partial charge in [0.1, 0.15) is 23.1 Å². The number of benzene rings is 3. The predicted octanol–water partition coefficient (Wildman–Crippen LogP) is 5.19. The lowest BCUT2D eigenvalue weighted by Crippen LogP contribution is -2.40. The van der Waals surface area contributed by atoms with Crippen LogP contribution in [0, 0.1) is 15.9 Å². The number of hydrogen-bond acceptors (Lipinski definition) is 8. The summed E-state index contributed by atoms with van der Waals surface area (Å²) in [5, 5.41) is 14.5. The first-order valence-corrected chi connectivity index (χ1v) is 14.1. The van der Waals surface area contributed by atoms with Crippen LogP contribution in [-0.4, -0.2) is 22.5 Å². The number of nitrogens with one attached hydrogen (secondary N) is 1. The van der Waals surface area contributed by atoms with Crippen LogP contribution in [0.15, 0.2) is 110 Å². The summed E-state index contributed by atoms with van der Waals surface area (Å²) in [5.41, 5.74) is 1.37. The highest BCUT2D eigenvalue weighted by atomic mass is 32.1. The molecule has 5 aromatic rings. The fourth-order valence-electron chi connectivity index (χ4n) is 4.99. The van der Waals surface area contributed by atoms with Crippen LogP contribution in [-0.2, 0) is 4.79 Å². The number of hydrogen-bond donors (Lipinski definition) is 1. The number of aromatic nitrogens is 1. The molecule has 0 bridgehead atoms. The molecule has 0 spiro atoms. The van der Waals surface area contributed by atoms with Crippen LogP contribution in [0.3, 0.4) is 0 Å². The molecule has 0 saturated heterocycles. The monoisotopic (exact) mass is 610 g/mol. The zero-order valence-electron chi connectivity index (χ0n) is 23.3. The van der Waals surface area contributed by atoms with Gasteiger partial charge >= 0.3 is 0 Å². The molecule has 10 nitrogen and oxygen atoms in total. The Balaban J connectivity index is 1.44. The highest BCUT2D eigenvalue weighted by Gasteiger charge is 2.32. The molecule has 220 valence electrons. The van der Waals surface area contributed by atoms with Gasteiger partial charge in [-0.1, -0.05) is 41.7 Å². The van der Waals surface area contributed by atoms with Gasteiger partial charge in [0, 0.05) is 11.8 Å². The summed E-state index contributed by atoms with van der Waals surface area (Å²) < 4.78 is 26.6. The number of halogens is 1. The molecule has 2 aromatic heterocycles. The van der Waals surface area contributed by atoms with E-state index in [0.717, 1.165) is 11.3 Å². The zero-order valence-corrected chi connectivity index (χ0v) is 24.1. The standard InChI is InChI=1S/C32H23FN4O6S/c1-18-28(30(38)35-21-6-4-3-5-7-21)29(19-8-10-20(33)11-9-19)36-31(39)27(44-32(36)34-18)17-23-13-15-26(43-23)24-14-12-22(42-2)16-25(24)37(40)41/h3-17,29H,1-2H3,(H,35,38)/b27-17-/t29-/m1/s1. The topological polar surface area (TPSA) is 129 Å². The molecule has 0 aliphatic carbocycles. The Bertz CT molecular complexity index is 2130. The number of anilines is 1. The molecule has 0 saturated carbocycles.